The van der Waals surface area contributed by atoms with Crippen molar-refractivity contribution in [3.63, 3.8) is 0 Å². The average Bonchev–Trinajstić information content (AvgIpc) is 3.17. The number of ether oxygens (including phenoxy) is 2. The lowest BCUT2D eigenvalue weighted by molar-refractivity contribution is 0.00105. The maximum Gasteiger partial charge on any atom is 0.194 e. The van der Waals surface area contributed by atoms with Crippen LogP contribution in [-0.4, -0.2) is 68.1 Å². The van der Waals surface area contributed by atoms with Crippen molar-refractivity contribution in [2.45, 2.75) is 39.4 Å². The van der Waals surface area contributed by atoms with Gasteiger partial charge in [0.15, 0.2) is 5.96 Å². The third-order valence-corrected chi connectivity index (χ3v) is 4.74. The number of rotatable bonds is 10. The number of aliphatic hydroxyl groups excluding tert-OH is 1. The number of benzene rings is 1. The van der Waals surface area contributed by atoms with Gasteiger partial charge in [-0.3, -0.25) is 4.99 Å². The van der Waals surface area contributed by atoms with Crippen LogP contribution in [0, 0.1) is 5.92 Å². The summed E-state index contributed by atoms with van der Waals surface area (Å²) < 4.78 is 11.4. The summed E-state index contributed by atoms with van der Waals surface area (Å²) in [4.78, 5) is 6.88. The predicted octanol–water partition coefficient (Wildman–Crippen LogP) is 3.07. The number of aliphatic hydroxyl groups is 1. The molecule has 2 N–H and O–H groups in total. The van der Waals surface area contributed by atoms with Crippen LogP contribution in [0.5, 0.6) is 0 Å². The highest BCUT2D eigenvalue weighted by atomic mass is 127. The lowest BCUT2D eigenvalue weighted by atomic mass is 10.1. The fraction of sp³-hybridized carbons (Fsp3) is 0.667. The molecule has 3 atom stereocenters. The van der Waals surface area contributed by atoms with Gasteiger partial charge in [0.25, 0.3) is 0 Å². The summed E-state index contributed by atoms with van der Waals surface area (Å²) in [5, 5.41) is 13.6. The van der Waals surface area contributed by atoms with Crippen molar-refractivity contribution in [2.24, 2.45) is 10.9 Å². The Bertz CT molecular complexity index is 559. The van der Waals surface area contributed by atoms with Gasteiger partial charge in [0, 0.05) is 32.2 Å². The van der Waals surface area contributed by atoms with E-state index < -0.39 is 6.10 Å². The van der Waals surface area contributed by atoms with Crippen LogP contribution >= 0.6 is 24.0 Å². The molecule has 1 aromatic rings. The molecular weight excluding hydrogens is 469 g/mol. The third kappa shape index (κ3) is 8.63. The number of nitrogens with one attached hydrogen (secondary N) is 1. The molecule has 6 nitrogen and oxygen atoms in total. The van der Waals surface area contributed by atoms with E-state index in [1.807, 2.05) is 44.2 Å². The molecule has 0 aromatic heterocycles. The van der Waals surface area contributed by atoms with E-state index in [9.17, 15) is 5.11 Å². The normalized spacial score (nSPS) is 19.2. The van der Waals surface area contributed by atoms with Gasteiger partial charge in [-0.2, -0.15) is 0 Å². The number of aliphatic imine (C=N–C) groups is 1. The van der Waals surface area contributed by atoms with Gasteiger partial charge < -0.3 is 24.8 Å². The molecule has 2 rings (SSSR count). The Balaban J connectivity index is 0.00000392. The van der Waals surface area contributed by atoms with E-state index in [0.717, 1.165) is 50.8 Å². The highest BCUT2D eigenvalue weighted by molar-refractivity contribution is 14.0. The third-order valence-electron chi connectivity index (χ3n) is 4.74. The van der Waals surface area contributed by atoms with Gasteiger partial charge in [-0.25, -0.2) is 0 Å². The van der Waals surface area contributed by atoms with E-state index in [2.05, 4.69) is 22.1 Å². The van der Waals surface area contributed by atoms with Crippen LogP contribution in [0.1, 0.15) is 38.9 Å². The van der Waals surface area contributed by atoms with Crippen LogP contribution in [-0.2, 0) is 9.47 Å². The van der Waals surface area contributed by atoms with Crippen molar-refractivity contribution in [1.29, 1.82) is 0 Å². The molecule has 0 saturated carbocycles. The van der Waals surface area contributed by atoms with Crippen LogP contribution in [0.3, 0.4) is 0 Å². The molecule has 0 radical (unpaired) electrons. The zero-order valence-electron chi connectivity index (χ0n) is 17.3. The Morgan fingerprint density at radius 1 is 1.32 bits per heavy atom. The lowest BCUT2D eigenvalue weighted by Crippen LogP contribution is -2.41. The van der Waals surface area contributed by atoms with Crippen molar-refractivity contribution < 1.29 is 14.6 Å². The molecule has 0 spiro atoms. The van der Waals surface area contributed by atoms with Crippen molar-refractivity contribution in [3.05, 3.63) is 35.9 Å². The number of halogens is 1. The van der Waals surface area contributed by atoms with Crippen molar-refractivity contribution in [2.75, 3.05) is 46.0 Å². The summed E-state index contributed by atoms with van der Waals surface area (Å²) in [6.45, 7) is 11.0. The minimum absolute atomic E-state index is 0. The van der Waals surface area contributed by atoms with E-state index in [4.69, 9.17) is 9.47 Å². The zero-order valence-corrected chi connectivity index (χ0v) is 19.7. The van der Waals surface area contributed by atoms with Gasteiger partial charge in [-0.15, -0.1) is 24.0 Å². The number of likely N-dealkylation sites (tertiary alicyclic amines) is 1. The molecule has 0 bridgehead atoms. The zero-order chi connectivity index (χ0) is 19.5. The van der Waals surface area contributed by atoms with Gasteiger partial charge in [0.1, 0.15) is 0 Å². The quantitative estimate of drug-likeness (QED) is 0.291. The molecule has 1 aromatic carbocycles. The number of guanidine groups is 1. The van der Waals surface area contributed by atoms with Crippen LogP contribution in [0.4, 0.5) is 0 Å². The standard InChI is InChI=1S/C21H35N3O3.HI/c1-4-22-21(24-12-11-18(14-24)15-26-5-2)23-13-20(25)16-27-17(3)19-9-7-6-8-10-19;/h6-10,17-18,20,25H,4-5,11-16H2,1-3H3,(H,22,23);1H. The summed E-state index contributed by atoms with van der Waals surface area (Å²) in [6, 6.07) is 10.0. The molecule has 7 heteroatoms. The average molecular weight is 505 g/mol. The monoisotopic (exact) mass is 505 g/mol. The molecule has 3 unspecified atom stereocenters. The van der Waals surface area contributed by atoms with E-state index in [0.29, 0.717) is 12.5 Å². The van der Waals surface area contributed by atoms with Crippen molar-refractivity contribution in [3.8, 4) is 0 Å². The van der Waals surface area contributed by atoms with Crippen molar-refractivity contribution in [1.82, 2.24) is 10.2 Å². The van der Waals surface area contributed by atoms with Gasteiger partial charge in [0.2, 0.25) is 0 Å². The van der Waals surface area contributed by atoms with Gasteiger partial charge >= 0.3 is 0 Å². The molecule has 1 aliphatic rings. The minimum atomic E-state index is -0.619. The molecule has 28 heavy (non-hydrogen) atoms. The highest BCUT2D eigenvalue weighted by Crippen LogP contribution is 2.17. The summed E-state index contributed by atoms with van der Waals surface area (Å²) in [5.41, 5.74) is 1.11. The molecule has 1 saturated heterocycles. The second-order valence-electron chi connectivity index (χ2n) is 6.99. The first-order chi connectivity index (χ1) is 13.1. The topological polar surface area (TPSA) is 66.3 Å². The Kier molecular flexibility index (Phi) is 12.7. The maximum absolute atomic E-state index is 10.3. The predicted molar refractivity (Wildman–Crippen MR) is 124 cm³/mol. The summed E-state index contributed by atoms with van der Waals surface area (Å²) in [7, 11) is 0. The molecule has 160 valence electrons. The van der Waals surface area contributed by atoms with Crippen LogP contribution in [0.15, 0.2) is 35.3 Å². The van der Waals surface area contributed by atoms with Crippen LogP contribution in [0.25, 0.3) is 0 Å². The number of hydrogen-bond donors (Lipinski definition) is 2. The SMILES string of the molecule is CCNC(=NCC(O)COC(C)c1ccccc1)N1CCC(COCC)C1.I. The lowest BCUT2D eigenvalue weighted by Gasteiger charge is -2.22. The summed E-state index contributed by atoms with van der Waals surface area (Å²) in [5.74, 6) is 1.42. The molecule has 0 amide bonds. The number of hydrogen-bond acceptors (Lipinski definition) is 4. The van der Waals surface area contributed by atoms with Gasteiger partial charge in [0.05, 0.1) is 32.0 Å². The molecule has 0 aliphatic carbocycles. The molecular formula is C21H36IN3O3. The first kappa shape index (κ1) is 25.1. The van der Waals surface area contributed by atoms with E-state index in [1.165, 1.54) is 0 Å². The van der Waals surface area contributed by atoms with Crippen LogP contribution < -0.4 is 5.32 Å². The largest absolute Gasteiger partial charge is 0.389 e. The molecule has 1 fully saturated rings. The van der Waals surface area contributed by atoms with Gasteiger partial charge in [-0.1, -0.05) is 30.3 Å². The van der Waals surface area contributed by atoms with E-state index >= 15 is 0 Å². The minimum Gasteiger partial charge on any atom is -0.389 e. The Labute approximate surface area is 186 Å². The second-order valence-corrected chi connectivity index (χ2v) is 6.99. The van der Waals surface area contributed by atoms with E-state index in [-0.39, 0.29) is 36.7 Å². The van der Waals surface area contributed by atoms with Crippen molar-refractivity contribution >= 4 is 29.9 Å². The Morgan fingerprint density at radius 2 is 2.07 bits per heavy atom. The summed E-state index contributed by atoms with van der Waals surface area (Å²) in [6.07, 6.45) is 0.451. The smallest absolute Gasteiger partial charge is 0.194 e. The molecule has 1 aliphatic heterocycles. The fourth-order valence-corrected chi connectivity index (χ4v) is 3.19. The van der Waals surface area contributed by atoms with Gasteiger partial charge in [-0.05, 0) is 32.8 Å². The second kappa shape index (κ2) is 14.1. The van der Waals surface area contributed by atoms with Crippen LogP contribution in [0.2, 0.25) is 0 Å². The maximum atomic E-state index is 10.3. The number of nitrogens with zero attached hydrogens (tertiary/aromatic N) is 2. The highest BCUT2D eigenvalue weighted by Gasteiger charge is 2.25. The fourth-order valence-electron chi connectivity index (χ4n) is 3.19. The van der Waals surface area contributed by atoms with E-state index in [1.54, 1.807) is 0 Å². The Morgan fingerprint density at radius 3 is 2.75 bits per heavy atom. The summed E-state index contributed by atoms with van der Waals surface area (Å²) >= 11 is 0. The first-order valence-corrected chi connectivity index (χ1v) is 10.1. The first-order valence-electron chi connectivity index (χ1n) is 10.1. The Hall–Kier alpha value is -0.900. The molecule has 1 heterocycles.